The predicted octanol–water partition coefficient (Wildman–Crippen LogP) is 6.76. The quantitative estimate of drug-likeness (QED) is 0.129. The van der Waals surface area contributed by atoms with Gasteiger partial charge in [0, 0.05) is 38.2 Å². The normalized spacial score (nSPS) is 13.8. The van der Waals surface area contributed by atoms with E-state index in [1.807, 2.05) is 55.5 Å². The minimum Gasteiger partial charge on any atom is -0.458 e. The standard InChI is InChI=1S/C43H49FN4O6/c1-6-7-22-36(40(50)48(5)38(41(51)54-43(2,3)4)24-28-15-14-23-45-26-28)46-39(49)37(25-29-16-8-13-21-35(29)44)47-42(52)53-27-34-32-19-11-9-17-30(32)31-18-10-12-20-33(31)34/h8-21,23,26,34,36-38H,6-7,22,24-25,27H2,1-5H3,(H,46,49)(H,47,52)/t36-,37-,38-/m0/s1. The molecule has 0 aliphatic heterocycles. The Morgan fingerprint density at radius 2 is 1.50 bits per heavy atom. The first-order valence-electron chi connectivity index (χ1n) is 18.4. The van der Waals surface area contributed by atoms with Crippen molar-refractivity contribution in [2.24, 2.45) is 0 Å². The van der Waals surface area contributed by atoms with Gasteiger partial charge < -0.3 is 25.0 Å². The van der Waals surface area contributed by atoms with Crippen LogP contribution in [0.2, 0.25) is 0 Å². The van der Waals surface area contributed by atoms with Gasteiger partial charge in [-0.2, -0.15) is 0 Å². The fourth-order valence-electron chi connectivity index (χ4n) is 6.70. The molecule has 3 aromatic carbocycles. The number of carbonyl (C=O) groups excluding carboxylic acids is 4. The van der Waals surface area contributed by atoms with Gasteiger partial charge in [-0.05, 0) is 72.7 Å². The van der Waals surface area contributed by atoms with E-state index in [9.17, 15) is 23.6 Å². The van der Waals surface area contributed by atoms with Crippen molar-refractivity contribution in [3.8, 4) is 11.1 Å². The van der Waals surface area contributed by atoms with Crippen molar-refractivity contribution in [2.45, 2.75) is 89.4 Å². The number of nitrogens with one attached hydrogen (secondary N) is 2. The maximum Gasteiger partial charge on any atom is 0.407 e. The number of halogens is 1. The van der Waals surface area contributed by atoms with Crippen LogP contribution in [0.4, 0.5) is 9.18 Å². The molecule has 10 nitrogen and oxygen atoms in total. The van der Waals surface area contributed by atoms with E-state index in [1.165, 1.54) is 30.1 Å². The Balaban J connectivity index is 1.35. The third-order valence-electron chi connectivity index (χ3n) is 9.44. The molecule has 2 N–H and O–H groups in total. The van der Waals surface area contributed by atoms with Gasteiger partial charge in [0.25, 0.3) is 0 Å². The molecule has 0 saturated carbocycles. The minimum atomic E-state index is -1.29. The van der Waals surface area contributed by atoms with Crippen LogP contribution in [0.15, 0.2) is 97.3 Å². The molecule has 1 aliphatic rings. The minimum absolute atomic E-state index is 0.0132. The Labute approximate surface area is 316 Å². The van der Waals surface area contributed by atoms with Gasteiger partial charge in [0.2, 0.25) is 11.8 Å². The molecular weight excluding hydrogens is 687 g/mol. The highest BCUT2D eigenvalue weighted by atomic mass is 19.1. The first-order chi connectivity index (χ1) is 25.9. The monoisotopic (exact) mass is 736 g/mol. The van der Waals surface area contributed by atoms with Gasteiger partial charge in [0.05, 0.1) is 0 Å². The summed E-state index contributed by atoms with van der Waals surface area (Å²) in [6.45, 7) is 7.21. The molecule has 1 aliphatic carbocycles. The summed E-state index contributed by atoms with van der Waals surface area (Å²) in [6, 6.07) is 22.0. The fraction of sp³-hybridized carbons (Fsp3) is 0.372. The van der Waals surface area contributed by atoms with E-state index in [0.29, 0.717) is 6.42 Å². The van der Waals surface area contributed by atoms with Crippen molar-refractivity contribution in [2.75, 3.05) is 13.7 Å². The number of esters is 1. The lowest BCUT2D eigenvalue weighted by atomic mass is 9.98. The van der Waals surface area contributed by atoms with Crippen LogP contribution >= 0.6 is 0 Å². The van der Waals surface area contributed by atoms with Gasteiger partial charge >= 0.3 is 12.1 Å². The molecule has 3 amide bonds. The number of amides is 3. The van der Waals surface area contributed by atoms with E-state index in [-0.39, 0.29) is 37.4 Å². The summed E-state index contributed by atoms with van der Waals surface area (Å²) in [6.07, 6.45) is 3.89. The van der Waals surface area contributed by atoms with Gasteiger partial charge in [-0.1, -0.05) is 92.6 Å². The highest BCUT2D eigenvalue weighted by molar-refractivity contribution is 5.93. The molecule has 4 aromatic rings. The van der Waals surface area contributed by atoms with Gasteiger partial charge in [0.15, 0.2) is 0 Å². The molecule has 1 aromatic heterocycles. The molecular formula is C43H49FN4O6. The average Bonchev–Trinajstić information content (AvgIpc) is 3.47. The van der Waals surface area contributed by atoms with Crippen molar-refractivity contribution >= 4 is 23.9 Å². The number of alkyl carbamates (subject to hydrolysis) is 1. The summed E-state index contributed by atoms with van der Waals surface area (Å²) in [5.41, 5.74) is 4.31. The Hall–Kier alpha value is -5.58. The van der Waals surface area contributed by atoms with Crippen LogP contribution in [-0.2, 0) is 36.7 Å². The number of hydrogen-bond donors (Lipinski definition) is 2. The second-order valence-corrected chi connectivity index (χ2v) is 14.6. The van der Waals surface area contributed by atoms with E-state index in [0.717, 1.165) is 34.2 Å². The SMILES string of the molecule is CCCC[C@H](NC(=O)[C@H](Cc1ccccc1F)NC(=O)OCC1c2ccccc2-c2ccccc21)C(=O)N(C)[C@@H](Cc1cccnc1)C(=O)OC(C)(C)C. The largest absolute Gasteiger partial charge is 0.458 e. The number of rotatable bonds is 15. The van der Waals surface area contributed by atoms with Gasteiger partial charge in [0.1, 0.15) is 36.2 Å². The van der Waals surface area contributed by atoms with Crippen LogP contribution in [0.3, 0.4) is 0 Å². The lowest BCUT2D eigenvalue weighted by Gasteiger charge is -2.33. The third-order valence-corrected chi connectivity index (χ3v) is 9.44. The lowest BCUT2D eigenvalue weighted by Crippen LogP contribution is -2.57. The van der Waals surface area contributed by atoms with Gasteiger partial charge in [-0.15, -0.1) is 0 Å². The van der Waals surface area contributed by atoms with Crippen molar-refractivity contribution in [3.63, 3.8) is 0 Å². The van der Waals surface area contributed by atoms with Gasteiger partial charge in [-0.25, -0.2) is 14.0 Å². The summed E-state index contributed by atoms with van der Waals surface area (Å²) in [5, 5.41) is 5.47. The first kappa shape index (κ1) is 39.6. The Morgan fingerprint density at radius 3 is 2.11 bits per heavy atom. The van der Waals surface area contributed by atoms with E-state index < -0.39 is 53.4 Å². The van der Waals surface area contributed by atoms with E-state index in [4.69, 9.17) is 9.47 Å². The molecule has 0 radical (unpaired) electrons. The summed E-state index contributed by atoms with van der Waals surface area (Å²) in [4.78, 5) is 60.7. The first-order valence-corrected chi connectivity index (χ1v) is 18.4. The van der Waals surface area contributed by atoms with Crippen LogP contribution in [0.1, 0.15) is 75.1 Å². The highest BCUT2D eigenvalue weighted by Crippen LogP contribution is 2.44. The van der Waals surface area contributed by atoms with Crippen molar-refractivity contribution < 1.29 is 33.0 Å². The number of hydrogen-bond acceptors (Lipinski definition) is 7. The maximum atomic E-state index is 14.9. The number of carbonyl (C=O) groups is 4. The highest BCUT2D eigenvalue weighted by Gasteiger charge is 2.36. The second kappa shape index (κ2) is 18.0. The summed E-state index contributed by atoms with van der Waals surface area (Å²) < 4.78 is 26.4. The van der Waals surface area contributed by atoms with Crippen LogP contribution in [0.25, 0.3) is 11.1 Å². The number of likely N-dealkylation sites (N-methyl/N-ethyl adjacent to an activating group) is 1. The molecule has 284 valence electrons. The van der Waals surface area contributed by atoms with E-state index >= 15 is 0 Å². The predicted molar refractivity (Wildman–Crippen MR) is 204 cm³/mol. The zero-order valence-electron chi connectivity index (χ0n) is 31.5. The van der Waals surface area contributed by atoms with E-state index in [1.54, 1.807) is 51.4 Å². The Kier molecular flexibility index (Phi) is 13.2. The smallest absolute Gasteiger partial charge is 0.407 e. The van der Waals surface area contributed by atoms with Crippen molar-refractivity contribution in [3.05, 3.63) is 125 Å². The molecule has 0 unspecified atom stereocenters. The molecule has 11 heteroatoms. The zero-order valence-corrected chi connectivity index (χ0v) is 31.5. The van der Waals surface area contributed by atoms with Crippen LogP contribution in [-0.4, -0.2) is 71.1 Å². The molecule has 1 heterocycles. The summed E-state index contributed by atoms with van der Waals surface area (Å²) in [5.74, 6) is -2.56. The third kappa shape index (κ3) is 10.1. The summed E-state index contributed by atoms with van der Waals surface area (Å²) in [7, 11) is 1.50. The maximum absolute atomic E-state index is 14.9. The Morgan fingerprint density at radius 1 is 0.852 bits per heavy atom. The van der Waals surface area contributed by atoms with Crippen LogP contribution in [0, 0.1) is 5.82 Å². The molecule has 3 atom stereocenters. The van der Waals surface area contributed by atoms with Crippen LogP contribution in [0.5, 0.6) is 0 Å². The molecule has 0 fully saturated rings. The number of ether oxygens (including phenoxy) is 2. The molecule has 5 rings (SSSR count). The molecule has 54 heavy (non-hydrogen) atoms. The van der Waals surface area contributed by atoms with Crippen LogP contribution < -0.4 is 10.6 Å². The number of unbranched alkanes of at least 4 members (excludes halogenated alkanes) is 1. The topological polar surface area (TPSA) is 127 Å². The second-order valence-electron chi connectivity index (χ2n) is 14.6. The number of fused-ring (bicyclic) bond motifs is 3. The number of benzene rings is 3. The number of aromatic nitrogens is 1. The zero-order chi connectivity index (χ0) is 38.8. The van der Waals surface area contributed by atoms with E-state index in [2.05, 4.69) is 15.6 Å². The average molecular weight is 737 g/mol. The molecule has 0 spiro atoms. The summed E-state index contributed by atoms with van der Waals surface area (Å²) >= 11 is 0. The van der Waals surface area contributed by atoms with Gasteiger partial charge in [-0.3, -0.25) is 14.6 Å². The molecule has 0 saturated heterocycles. The van der Waals surface area contributed by atoms with Crippen molar-refractivity contribution in [1.29, 1.82) is 0 Å². The number of nitrogens with zero attached hydrogens (tertiary/aromatic N) is 2. The number of pyridine rings is 1. The lowest BCUT2D eigenvalue weighted by molar-refractivity contribution is -0.164. The Bertz CT molecular complexity index is 1890. The fourth-order valence-corrected chi connectivity index (χ4v) is 6.70. The molecule has 0 bridgehead atoms. The van der Waals surface area contributed by atoms with Crippen molar-refractivity contribution in [1.82, 2.24) is 20.5 Å².